The van der Waals surface area contributed by atoms with Gasteiger partial charge in [-0.15, -0.1) is 0 Å². The minimum atomic E-state index is -0.162. The predicted molar refractivity (Wildman–Crippen MR) is 120 cm³/mol. The normalized spacial score (nSPS) is 14.2. The molecule has 0 saturated carbocycles. The lowest BCUT2D eigenvalue weighted by molar-refractivity contribution is 0.0944. The number of amidine groups is 1. The molecular formula is C22H25ClN6O. The topological polar surface area (TPSA) is 65.2 Å². The van der Waals surface area contributed by atoms with Crippen molar-refractivity contribution in [3.05, 3.63) is 64.6 Å². The molecule has 3 heterocycles. The smallest absolute Gasteiger partial charge is 0.270 e. The molecule has 1 aliphatic rings. The van der Waals surface area contributed by atoms with Crippen LogP contribution in [0.5, 0.6) is 0 Å². The summed E-state index contributed by atoms with van der Waals surface area (Å²) in [6.07, 6.45) is 2.40. The molecule has 30 heavy (non-hydrogen) atoms. The maximum atomic E-state index is 12.9. The summed E-state index contributed by atoms with van der Waals surface area (Å²) in [4.78, 5) is 19.6. The van der Waals surface area contributed by atoms with Crippen molar-refractivity contribution < 1.29 is 4.79 Å². The fourth-order valence-electron chi connectivity index (χ4n) is 3.50. The molecule has 0 radical (unpaired) electrons. The SMILES string of the molecule is CCc1nc2ccc(Cl)cn2c1C(=O)NCc1ccc(N2CCN(C)C(C)=N2)cc1. The van der Waals surface area contributed by atoms with Gasteiger partial charge in [-0.3, -0.25) is 14.2 Å². The minimum absolute atomic E-state index is 0.162. The van der Waals surface area contributed by atoms with E-state index in [0.29, 0.717) is 29.3 Å². The average Bonchev–Trinajstić information content (AvgIpc) is 3.12. The van der Waals surface area contributed by atoms with Gasteiger partial charge in [0.2, 0.25) is 0 Å². The Bertz CT molecular complexity index is 1100. The molecule has 0 unspecified atom stereocenters. The molecule has 3 aromatic rings. The van der Waals surface area contributed by atoms with E-state index in [0.717, 1.165) is 35.9 Å². The zero-order valence-corrected chi connectivity index (χ0v) is 18.1. The Balaban J connectivity index is 1.47. The number of rotatable bonds is 5. The van der Waals surface area contributed by atoms with Gasteiger partial charge in [0.05, 0.1) is 22.9 Å². The second-order valence-corrected chi connectivity index (χ2v) is 7.81. The summed E-state index contributed by atoms with van der Waals surface area (Å²) < 4.78 is 1.76. The largest absolute Gasteiger partial charge is 0.360 e. The fraction of sp³-hybridized carbons (Fsp3) is 0.318. The van der Waals surface area contributed by atoms with Gasteiger partial charge in [0.1, 0.15) is 17.2 Å². The number of nitrogens with one attached hydrogen (secondary N) is 1. The number of hydrazone groups is 1. The lowest BCUT2D eigenvalue weighted by atomic mass is 10.2. The molecule has 8 heteroatoms. The van der Waals surface area contributed by atoms with Crippen LogP contribution >= 0.6 is 11.6 Å². The van der Waals surface area contributed by atoms with Crippen LogP contribution in [0, 0.1) is 0 Å². The molecule has 1 aromatic carbocycles. The zero-order chi connectivity index (χ0) is 21.3. The Labute approximate surface area is 181 Å². The van der Waals surface area contributed by atoms with E-state index in [-0.39, 0.29) is 5.91 Å². The van der Waals surface area contributed by atoms with E-state index >= 15 is 0 Å². The van der Waals surface area contributed by atoms with Crippen molar-refractivity contribution in [1.82, 2.24) is 19.6 Å². The number of pyridine rings is 1. The molecule has 0 saturated heterocycles. The molecule has 0 fully saturated rings. The molecule has 1 aliphatic heterocycles. The second-order valence-electron chi connectivity index (χ2n) is 7.38. The number of aromatic nitrogens is 2. The van der Waals surface area contributed by atoms with Crippen LogP contribution in [0.1, 0.15) is 35.6 Å². The predicted octanol–water partition coefficient (Wildman–Crippen LogP) is 3.57. The van der Waals surface area contributed by atoms with Crippen LogP contribution in [0.2, 0.25) is 5.02 Å². The van der Waals surface area contributed by atoms with Crippen molar-refractivity contribution in [2.75, 3.05) is 25.1 Å². The number of benzene rings is 1. The van der Waals surface area contributed by atoms with E-state index in [1.165, 1.54) is 0 Å². The van der Waals surface area contributed by atoms with Crippen molar-refractivity contribution in [1.29, 1.82) is 0 Å². The van der Waals surface area contributed by atoms with Gasteiger partial charge in [0, 0.05) is 26.3 Å². The molecule has 0 atom stereocenters. The summed E-state index contributed by atoms with van der Waals surface area (Å²) >= 11 is 6.12. The first-order valence-corrected chi connectivity index (χ1v) is 10.4. The monoisotopic (exact) mass is 424 g/mol. The Kier molecular flexibility index (Phi) is 5.63. The Hall–Kier alpha value is -3.06. The summed E-state index contributed by atoms with van der Waals surface area (Å²) in [7, 11) is 2.05. The van der Waals surface area contributed by atoms with Gasteiger partial charge < -0.3 is 10.2 Å². The Morgan fingerprint density at radius 1 is 1.17 bits per heavy atom. The lowest BCUT2D eigenvalue weighted by Crippen LogP contribution is -2.40. The molecular weight excluding hydrogens is 400 g/mol. The quantitative estimate of drug-likeness (QED) is 0.680. The fourth-order valence-corrected chi connectivity index (χ4v) is 3.66. The van der Waals surface area contributed by atoms with E-state index in [4.69, 9.17) is 11.6 Å². The minimum Gasteiger partial charge on any atom is -0.360 e. The van der Waals surface area contributed by atoms with Gasteiger partial charge in [-0.2, -0.15) is 5.10 Å². The molecule has 4 rings (SSSR count). The van der Waals surface area contributed by atoms with Crippen LogP contribution in [0.15, 0.2) is 47.7 Å². The van der Waals surface area contributed by atoms with E-state index in [1.54, 1.807) is 16.7 Å². The van der Waals surface area contributed by atoms with Crippen LogP contribution < -0.4 is 10.3 Å². The van der Waals surface area contributed by atoms with Gasteiger partial charge in [-0.1, -0.05) is 30.7 Å². The van der Waals surface area contributed by atoms with E-state index in [1.807, 2.05) is 56.2 Å². The summed E-state index contributed by atoms with van der Waals surface area (Å²) in [6.45, 7) is 6.22. The standard InChI is InChI=1S/C22H25ClN6O/c1-4-19-21(28-14-17(23)7-10-20(28)25-19)22(30)24-13-16-5-8-18(9-6-16)29-12-11-27(3)15(2)26-29/h5-10,14H,4,11-13H2,1-3H3,(H,24,30). The summed E-state index contributed by atoms with van der Waals surface area (Å²) in [6, 6.07) is 11.7. The maximum Gasteiger partial charge on any atom is 0.270 e. The van der Waals surface area contributed by atoms with E-state index in [2.05, 4.69) is 20.3 Å². The number of imidazole rings is 1. The van der Waals surface area contributed by atoms with Crippen molar-refractivity contribution in [2.24, 2.45) is 5.10 Å². The molecule has 0 spiro atoms. The summed E-state index contributed by atoms with van der Waals surface area (Å²) in [5, 5.41) is 10.2. The Morgan fingerprint density at radius 3 is 2.63 bits per heavy atom. The number of amides is 1. The summed E-state index contributed by atoms with van der Waals surface area (Å²) in [5.74, 6) is 0.836. The van der Waals surface area contributed by atoms with Crippen molar-refractivity contribution in [3.63, 3.8) is 0 Å². The number of anilines is 1. The highest BCUT2D eigenvalue weighted by molar-refractivity contribution is 6.30. The number of aryl methyl sites for hydroxylation is 1. The molecule has 2 aromatic heterocycles. The third-order valence-electron chi connectivity index (χ3n) is 5.36. The number of likely N-dealkylation sites (N-methyl/N-ethyl adjacent to an activating group) is 1. The third kappa shape index (κ3) is 3.98. The van der Waals surface area contributed by atoms with Gasteiger partial charge in [0.25, 0.3) is 5.91 Å². The third-order valence-corrected chi connectivity index (χ3v) is 5.58. The number of carbonyl (C=O) groups excluding carboxylic acids is 1. The Morgan fingerprint density at radius 2 is 1.93 bits per heavy atom. The van der Waals surface area contributed by atoms with Crippen LogP contribution in [0.3, 0.4) is 0 Å². The molecule has 7 nitrogen and oxygen atoms in total. The maximum absolute atomic E-state index is 12.9. The first-order chi connectivity index (χ1) is 14.5. The zero-order valence-electron chi connectivity index (χ0n) is 17.4. The highest BCUT2D eigenvalue weighted by Gasteiger charge is 2.18. The molecule has 156 valence electrons. The number of nitrogens with zero attached hydrogens (tertiary/aromatic N) is 5. The van der Waals surface area contributed by atoms with Gasteiger partial charge in [-0.05, 0) is 43.2 Å². The summed E-state index contributed by atoms with van der Waals surface area (Å²) in [5.41, 5.74) is 4.07. The number of hydrogen-bond acceptors (Lipinski definition) is 5. The number of fused-ring (bicyclic) bond motifs is 1. The molecule has 0 bridgehead atoms. The van der Waals surface area contributed by atoms with E-state index in [9.17, 15) is 4.79 Å². The highest BCUT2D eigenvalue weighted by atomic mass is 35.5. The lowest BCUT2D eigenvalue weighted by Gasteiger charge is -2.31. The van der Waals surface area contributed by atoms with Crippen LogP contribution in [0.4, 0.5) is 5.69 Å². The molecule has 1 amide bonds. The van der Waals surface area contributed by atoms with Crippen molar-refractivity contribution in [2.45, 2.75) is 26.8 Å². The van der Waals surface area contributed by atoms with Crippen LogP contribution in [-0.4, -0.2) is 46.2 Å². The van der Waals surface area contributed by atoms with Crippen molar-refractivity contribution >= 4 is 34.7 Å². The molecule has 1 N–H and O–H groups in total. The first-order valence-electron chi connectivity index (χ1n) is 10.0. The number of carbonyl (C=O) groups is 1. The van der Waals surface area contributed by atoms with Crippen LogP contribution in [-0.2, 0) is 13.0 Å². The molecule has 0 aliphatic carbocycles. The van der Waals surface area contributed by atoms with E-state index < -0.39 is 0 Å². The number of halogens is 1. The van der Waals surface area contributed by atoms with Crippen molar-refractivity contribution in [3.8, 4) is 0 Å². The first kappa shape index (κ1) is 20.2. The second kappa shape index (κ2) is 8.36. The van der Waals surface area contributed by atoms with Crippen LogP contribution in [0.25, 0.3) is 5.65 Å². The van der Waals surface area contributed by atoms with Gasteiger partial charge >= 0.3 is 0 Å². The van der Waals surface area contributed by atoms with Gasteiger partial charge in [0.15, 0.2) is 0 Å². The highest BCUT2D eigenvalue weighted by Crippen LogP contribution is 2.19. The number of hydrogen-bond donors (Lipinski definition) is 1. The average molecular weight is 425 g/mol. The van der Waals surface area contributed by atoms with Gasteiger partial charge in [-0.25, -0.2) is 4.98 Å².